The first-order valence-corrected chi connectivity index (χ1v) is 13.3. The minimum absolute atomic E-state index is 0.0103. The third-order valence-corrected chi connectivity index (χ3v) is 7.93. The predicted octanol–water partition coefficient (Wildman–Crippen LogP) is 5.57. The van der Waals surface area contributed by atoms with Crippen molar-refractivity contribution < 1.29 is 18.3 Å². The maximum Gasteiger partial charge on any atom is 0.255 e. The van der Waals surface area contributed by atoms with E-state index in [1.54, 1.807) is 36.4 Å². The highest BCUT2D eigenvalue weighted by molar-refractivity contribution is 9.10. The fourth-order valence-electron chi connectivity index (χ4n) is 2.82. The summed E-state index contributed by atoms with van der Waals surface area (Å²) in [4.78, 5) is 12.6. The number of benzene rings is 3. The lowest BCUT2D eigenvalue weighted by atomic mass is 10.2. The molecular formula is C22H17Br2Cl2N3O4S. The van der Waals surface area contributed by atoms with Crippen molar-refractivity contribution in [1.29, 1.82) is 0 Å². The molecule has 0 aliphatic carbocycles. The Kier molecular flexibility index (Phi) is 9.14. The topological polar surface area (TPSA) is 99.1 Å². The van der Waals surface area contributed by atoms with E-state index in [4.69, 9.17) is 23.2 Å². The summed E-state index contributed by atoms with van der Waals surface area (Å²) in [6.07, 6.45) is 1.25. The normalized spacial score (nSPS) is 11.8. The Morgan fingerprint density at radius 3 is 2.38 bits per heavy atom. The third kappa shape index (κ3) is 7.03. The Morgan fingerprint density at radius 2 is 1.71 bits per heavy atom. The Balaban J connectivity index is 1.84. The zero-order valence-corrected chi connectivity index (χ0v) is 22.8. The summed E-state index contributed by atoms with van der Waals surface area (Å²) < 4.78 is 29.1. The predicted molar refractivity (Wildman–Crippen MR) is 140 cm³/mol. The molecule has 2 N–H and O–H groups in total. The van der Waals surface area contributed by atoms with Crippen LogP contribution in [-0.4, -0.2) is 36.5 Å². The lowest BCUT2D eigenvalue weighted by molar-refractivity contribution is -0.121. The highest BCUT2D eigenvalue weighted by atomic mass is 79.9. The molecular weight excluding hydrogens is 633 g/mol. The quantitative estimate of drug-likeness (QED) is 0.246. The number of nitrogens with one attached hydrogen (secondary N) is 1. The van der Waals surface area contributed by atoms with Crippen LogP contribution in [0, 0.1) is 0 Å². The van der Waals surface area contributed by atoms with Gasteiger partial charge in [0, 0.05) is 31.1 Å². The van der Waals surface area contributed by atoms with E-state index in [0.717, 1.165) is 4.31 Å². The minimum atomic E-state index is -4.07. The third-order valence-electron chi connectivity index (χ3n) is 4.52. The van der Waals surface area contributed by atoms with Gasteiger partial charge >= 0.3 is 0 Å². The molecule has 0 radical (unpaired) electrons. The van der Waals surface area contributed by atoms with Crippen LogP contribution in [0.4, 0.5) is 0 Å². The van der Waals surface area contributed by atoms with E-state index in [1.807, 2.05) is 0 Å². The number of sulfonamides is 1. The van der Waals surface area contributed by atoms with E-state index < -0.39 is 22.5 Å². The molecule has 178 valence electrons. The Morgan fingerprint density at radius 1 is 1.03 bits per heavy atom. The van der Waals surface area contributed by atoms with Gasteiger partial charge in [-0.15, -0.1) is 0 Å². The first kappa shape index (κ1) is 26.7. The van der Waals surface area contributed by atoms with Crippen LogP contribution in [0.15, 0.2) is 79.6 Å². The molecule has 0 aliphatic heterocycles. The second-order valence-corrected chi connectivity index (χ2v) is 11.6. The van der Waals surface area contributed by atoms with E-state index in [-0.39, 0.29) is 22.2 Å². The van der Waals surface area contributed by atoms with Crippen LogP contribution in [0.25, 0.3) is 0 Å². The molecule has 0 aliphatic rings. The van der Waals surface area contributed by atoms with Crippen LogP contribution >= 0.6 is 55.1 Å². The zero-order valence-electron chi connectivity index (χ0n) is 17.3. The van der Waals surface area contributed by atoms with E-state index in [9.17, 15) is 18.3 Å². The van der Waals surface area contributed by atoms with Gasteiger partial charge in [0.05, 0.1) is 17.7 Å². The summed E-state index contributed by atoms with van der Waals surface area (Å²) in [5.41, 5.74) is 3.12. The van der Waals surface area contributed by atoms with Gasteiger partial charge in [0.1, 0.15) is 5.75 Å². The van der Waals surface area contributed by atoms with Gasteiger partial charge in [-0.2, -0.15) is 9.41 Å². The highest BCUT2D eigenvalue weighted by Crippen LogP contribution is 2.26. The molecule has 12 heteroatoms. The van der Waals surface area contributed by atoms with Gasteiger partial charge in [-0.05, 0) is 60.2 Å². The maximum absolute atomic E-state index is 13.3. The molecule has 34 heavy (non-hydrogen) atoms. The van der Waals surface area contributed by atoms with Crippen molar-refractivity contribution in [1.82, 2.24) is 9.73 Å². The molecule has 3 rings (SSSR count). The molecule has 1 amide bonds. The van der Waals surface area contributed by atoms with Crippen molar-refractivity contribution in [3.05, 3.63) is 90.8 Å². The highest BCUT2D eigenvalue weighted by Gasteiger charge is 2.27. The fraction of sp³-hybridized carbons (Fsp3) is 0.0909. The zero-order chi connectivity index (χ0) is 24.9. The van der Waals surface area contributed by atoms with Crippen molar-refractivity contribution in [2.75, 3.05) is 6.54 Å². The summed E-state index contributed by atoms with van der Waals surface area (Å²) in [5, 5.41) is 14.4. The number of amides is 1. The molecule has 0 saturated heterocycles. The van der Waals surface area contributed by atoms with Crippen LogP contribution < -0.4 is 5.43 Å². The molecule has 0 aromatic heterocycles. The van der Waals surface area contributed by atoms with Gasteiger partial charge in [0.15, 0.2) is 0 Å². The number of nitrogens with zero attached hydrogens (tertiary/aromatic N) is 2. The average molecular weight is 650 g/mol. The number of halogens is 4. The van der Waals surface area contributed by atoms with Gasteiger partial charge in [-0.3, -0.25) is 4.79 Å². The SMILES string of the molecule is O=C(CN(Cc1ccc(Cl)cc1Cl)S(=O)(=O)c1ccc(Br)cc1)N/N=C/c1cc(Br)ccc1O. The summed E-state index contributed by atoms with van der Waals surface area (Å²) in [5.74, 6) is -0.713. The van der Waals surface area contributed by atoms with Gasteiger partial charge in [0.2, 0.25) is 10.0 Å². The molecule has 3 aromatic rings. The van der Waals surface area contributed by atoms with Crippen LogP contribution in [-0.2, 0) is 21.4 Å². The second-order valence-electron chi connectivity index (χ2n) is 6.96. The number of aromatic hydroxyl groups is 1. The summed E-state index contributed by atoms with van der Waals surface area (Å²) >= 11 is 18.8. The number of rotatable bonds is 8. The number of carbonyl (C=O) groups is 1. The molecule has 7 nitrogen and oxygen atoms in total. The van der Waals surface area contributed by atoms with Crippen LogP contribution in [0.2, 0.25) is 10.0 Å². The molecule has 3 aromatic carbocycles. The van der Waals surface area contributed by atoms with Crippen LogP contribution in [0.3, 0.4) is 0 Å². The molecule has 0 heterocycles. The smallest absolute Gasteiger partial charge is 0.255 e. The van der Waals surface area contributed by atoms with Gasteiger partial charge < -0.3 is 5.11 Å². The lowest BCUT2D eigenvalue weighted by Gasteiger charge is -2.22. The molecule has 0 unspecified atom stereocenters. The maximum atomic E-state index is 13.3. The number of carbonyl (C=O) groups excluding carboxylic acids is 1. The number of hydrogen-bond donors (Lipinski definition) is 2. The van der Waals surface area contributed by atoms with Gasteiger partial charge in [-0.1, -0.05) is 61.1 Å². The molecule has 0 atom stereocenters. The molecule has 0 saturated carbocycles. The van der Waals surface area contributed by atoms with Crippen molar-refractivity contribution in [3.8, 4) is 5.75 Å². The number of phenols is 1. The molecule has 0 fully saturated rings. The fourth-order valence-corrected chi connectivity index (χ4v) is 5.31. The van der Waals surface area contributed by atoms with Crippen molar-refractivity contribution >= 4 is 77.2 Å². The van der Waals surface area contributed by atoms with Gasteiger partial charge in [0.25, 0.3) is 5.91 Å². The Bertz CT molecular complexity index is 1340. The average Bonchev–Trinajstić information content (AvgIpc) is 2.77. The van der Waals surface area contributed by atoms with Crippen LogP contribution in [0.5, 0.6) is 5.75 Å². The summed E-state index contributed by atoms with van der Waals surface area (Å²) in [6, 6.07) is 15.5. The number of phenolic OH excluding ortho intramolecular Hbond substituents is 1. The van der Waals surface area contributed by atoms with Crippen molar-refractivity contribution in [2.24, 2.45) is 5.10 Å². The van der Waals surface area contributed by atoms with E-state index >= 15 is 0 Å². The largest absolute Gasteiger partial charge is 0.507 e. The standard InChI is InChI=1S/C22H17Br2Cl2N3O4S/c23-16-2-6-19(7-3-16)34(32,33)29(12-14-1-5-18(25)10-20(14)26)13-22(31)28-27-11-15-9-17(24)4-8-21(15)30/h1-11,30H,12-13H2,(H,28,31)/b27-11+. The van der Waals surface area contributed by atoms with E-state index in [1.165, 1.54) is 30.5 Å². The lowest BCUT2D eigenvalue weighted by Crippen LogP contribution is -2.39. The second kappa shape index (κ2) is 11.7. The summed E-state index contributed by atoms with van der Waals surface area (Å²) in [6.45, 7) is -0.697. The Hall–Kier alpha value is -1.95. The first-order chi connectivity index (χ1) is 16.1. The minimum Gasteiger partial charge on any atom is -0.507 e. The van der Waals surface area contributed by atoms with E-state index in [2.05, 4.69) is 42.4 Å². The molecule has 0 bridgehead atoms. The molecule has 0 spiro atoms. The number of hydrazone groups is 1. The monoisotopic (exact) mass is 647 g/mol. The van der Waals surface area contributed by atoms with Crippen LogP contribution in [0.1, 0.15) is 11.1 Å². The van der Waals surface area contributed by atoms with E-state index in [0.29, 0.717) is 25.1 Å². The van der Waals surface area contributed by atoms with Gasteiger partial charge in [-0.25, -0.2) is 13.8 Å². The van der Waals surface area contributed by atoms with Crippen molar-refractivity contribution in [2.45, 2.75) is 11.4 Å². The van der Waals surface area contributed by atoms with Crippen molar-refractivity contribution in [3.63, 3.8) is 0 Å². The first-order valence-electron chi connectivity index (χ1n) is 9.56. The Labute approximate surface area is 223 Å². The summed E-state index contributed by atoms with van der Waals surface area (Å²) in [7, 11) is -4.07. The number of hydrogen-bond acceptors (Lipinski definition) is 5.